The molecule has 4 rings (SSSR count). The molecule has 0 spiro atoms. The zero-order chi connectivity index (χ0) is 24.3. The average Bonchev–Trinajstić information content (AvgIpc) is 3.26. The van der Waals surface area contributed by atoms with Crippen LogP contribution in [0.3, 0.4) is 0 Å². The van der Waals surface area contributed by atoms with Gasteiger partial charge in [-0.15, -0.1) is 0 Å². The standard InChI is InChI=1S/C24H24F3N5O2/c1-2-5-18(28)20-8-4-7-19(31-20)15-10-21-17(22(11-15)34-14-24(25,26)27)12-29-32(21)23-9-3-6-16(13-33)30-23/h3-4,6-12,18,33H,2,5,13-14,28H2,1H3/t18-/m0/s1. The number of nitrogens with two attached hydrogens (primary N) is 1. The molecule has 0 bridgehead atoms. The molecule has 7 nitrogen and oxygen atoms in total. The first kappa shape index (κ1) is 23.7. The van der Waals surface area contributed by atoms with Gasteiger partial charge >= 0.3 is 6.18 Å². The van der Waals surface area contributed by atoms with Crippen LogP contribution in [0, 0.1) is 0 Å². The lowest BCUT2D eigenvalue weighted by Gasteiger charge is -2.14. The maximum Gasteiger partial charge on any atom is 0.422 e. The molecule has 10 heteroatoms. The molecule has 0 radical (unpaired) electrons. The predicted molar refractivity (Wildman–Crippen MR) is 121 cm³/mol. The number of nitrogens with zero attached hydrogens (tertiary/aromatic N) is 4. The van der Waals surface area contributed by atoms with E-state index in [1.165, 1.54) is 16.9 Å². The molecule has 178 valence electrons. The summed E-state index contributed by atoms with van der Waals surface area (Å²) in [7, 11) is 0. The molecule has 4 aromatic rings. The fraction of sp³-hybridized carbons (Fsp3) is 0.292. The molecule has 1 aromatic carbocycles. The Balaban J connectivity index is 1.86. The van der Waals surface area contributed by atoms with Crippen LogP contribution in [0.15, 0.2) is 54.7 Å². The summed E-state index contributed by atoms with van der Waals surface area (Å²) < 4.78 is 45.4. The summed E-state index contributed by atoms with van der Waals surface area (Å²) in [6.07, 6.45) is -1.41. The minimum Gasteiger partial charge on any atom is -0.483 e. The maximum atomic E-state index is 12.9. The maximum absolute atomic E-state index is 12.9. The van der Waals surface area contributed by atoms with Gasteiger partial charge in [-0.05, 0) is 42.8 Å². The molecule has 3 aromatic heterocycles. The summed E-state index contributed by atoms with van der Waals surface area (Å²) in [6.45, 7) is 0.333. The van der Waals surface area contributed by atoms with Gasteiger partial charge in [0.25, 0.3) is 0 Å². The summed E-state index contributed by atoms with van der Waals surface area (Å²) >= 11 is 0. The van der Waals surface area contributed by atoms with Crippen LogP contribution in [0.25, 0.3) is 28.0 Å². The van der Waals surface area contributed by atoms with Crippen molar-refractivity contribution in [2.75, 3.05) is 6.61 Å². The number of fused-ring (bicyclic) bond motifs is 1. The van der Waals surface area contributed by atoms with Crippen molar-refractivity contribution < 1.29 is 23.0 Å². The van der Waals surface area contributed by atoms with Crippen molar-refractivity contribution in [3.05, 3.63) is 66.1 Å². The number of pyridine rings is 2. The van der Waals surface area contributed by atoms with Gasteiger partial charge in [0, 0.05) is 11.6 Å². The van der Waals surface area contributed by atoms with Gasteiger partial charge in [0.05, 0.1) is 40.8 Å². The van der Waals surface area contributed by atoms with Gasteiger partial charge in [-0.25, -0.2) is 9.67 Å². The summed E-state index contributed by atoms with van der Waals surface area (Å²) in [5.74, 6) is 0.437. The zero-order valence-corrected chi connectivity index (χ0v) is 18.5. The number of aliphatic hydroxyl groups is 1. The second-order valence-electron chi connectivity index (χ2n) is 7.86. The Labute approximate surface area is 194 Å². The molecule has 0 saturated heterocycles. The molecule has 3 N–H and O–H groups in total. The van der Waals surface area contributed by atoms with Gasteiger partial charge in [0.15, 0.2) is 12.4 Å². The first-order valence-electron chi connectivity index (χ1n) is 10.8. The van der Waals surface area contributed by atoms with E-state index in [9.17, 15) is 18.3 Å². The number of ether oxygens (including phenoxy) is 1. The summed E-state index contributed by atoms with van der Waals surface area (Å²) in [6, 6.07) is 13.5. The van der Waals surface area contributed by atoms with Crippen molar-refractivity contribution in [1.29, 1.82) is 0 Å². The lowest BCUT2D eigenvalue weighted by atomic mass is 10.1. The summed E-state index contributed by atoms with van der Waals surface area (Å²) in [4.78, 5) is 9.01. The Morgan fingerprint density at radius 1 is 1.12 bits per heavy atom. The first-order valence-corrected chi connectivity index (χ1v) is 10.8. The van der Waals surface area contributed by atoms with Crippen molar-refractivity contribution >= 4 is 10.9 Å². The molecular weight excluding hydrogens is 447 g/mol. The Morgan fingerprint density at radius 2 is 1.91 bits per heavy atom. The Morgan fingerprint density at radius 3 is 2.65 bits per heavy atom. The SMILES string of the molecule is CCC[C@H](N)c1cccc(-c2cc(OCC(F)(F)F)c3cnn(-c4cccc(CO)n4)c3c2)n1. The quantitative estimate of drug-likeness (QED) is 0.386. The topological polar surface area (TPSA) is 99.1 Å². The smallest absolute Gasteiger partial charge is 0.422 e. The second-order valence-corrected chi connectivity index (χ2v) is 7.86. The Bertz CT molecular complexity index is 1290. The van der Waals surface area contributed by atoms with Crippen LogP contribution in [0.1, 0.15) is 37.2 Å². The molecule has 0 aliphatic carbocycles. The lowest BCUT2D eigenvalue weighted by Crippen LogP contribution is -2.19. The molecule has 34 heavy (non-hydrogen) atoms. The predicted octanol–water partition coefficient (Wildman–Crippen LogP) is 4.72. The number of hydrogen-bond acceptors (Lipinski definition) is 6. The fourth-order valence-electron chi connectivity index (χ4n) is 3.65. The highest BCUT2D eigenvalue weighted by Gasteiger charge is 2.29. The third-order valence-electron chi connectivity index (χ3n) is 5.26. The van der Waals surface area contributed by atoms with Gasteiger partial charge in [0.1, 0.15) is 5.75 Å². The van der Waals surface area contributed by atoms with Gasteiger partial charge in [-0.2, -0.15) is 18.3 Å². The fourth-order valence-corrected chi connectivity index (χ4v) is 3.65. The van der Waals surface area contributed by atoms with Crippen LogP contribution < -0.4 is 10.5 Å². The minimum absolute atomic E-state index is 0.0273. The van der Waals surface area contributed by atoms with Gasteiger partial charge < -0.3 is 15.6 Å². The molecule has 0 amide bonds. The molecule has 0 saturated carbocycles. The monoisotopic (exact) mass is 471 g/mol. The minimum atomic E-state index is -4.50. The third kappa shape index (κ3) is 5.18. The van der Waals surface area contributed by atoms with Crippen LogP contribution in [0.2, 0.25) is 0 Å². The van der Waals surface area contributed by atoms with E-state index in [0.29, 0.717) is 39.4 Å². The molecule has 0 fully saturated rings. The van der Waals surface area contributed by atoms with E-state index in [4.69, 9.17) is 10.5 Å². The van der Waals surface area contributed by atoms with Gasteiger partial charge in [-0.1, -0.05) is 25.5 Å². The lowest BCUT2D eigenvalue weighted by molar-refractivity contribution is -0.153. The first-order chi connectivity index (χ1) is 16.3. The van der Waals surface area contributed by atoms with E-state index < -0.39 is 12.8 Å². The van der Waals surface area contributed by atoms with Crippen LogP contribution in [0.5, 0.6) is 5.75 Å². The van der Waals surface area contributed by atoms with E-state index in [-0.39, 0.29) is 18.4 Å². The number of alkyl halides is 3. The number of benzene rings is 1. The summed E-state index contributed by atoms with van der Waals surface area (Å²) in [5, 5.41) is 14.1. The summed E-state index contributed by atoms with van der Waals surface area (Å²) in [5.41, 5.74) is 8.95. The highest BCUT2D eigenvalue weighted by Crippen LogP contribution is 2.34. The van der Waals surface area contributed by atoms with E-state index in [1.54, 1.807) is 30.3 Å². The molecule has 1 atom stereocenters. The molecule has 3 heterocycles. The Hall–Kier alpha value is -3.50. The normalized spacial score (nSPS) is 12.8. The largest absolute Gasteiger partial charge is 0.483 e. The number of aliphatic hydroxyl groups excluding tert-OH is 1. The van der Waals surface area contributed by atoms with Crippen molar-refractivity contribution in [3.8, 4) is 22.8 Å². The zero-order valence-electron chi connectivity index (χ0n) is 18.5. The van der Waals surface area contributed by atoms with E-state index >= 15 is 0 Å². The van der Waals surface area contributed by atoms with Crippen LogP contribution in [0.4, 0.5) is 13.2 Å². The van der Waals surface area contributed by atoms with Crippen LogP contribution in [-0.2, 0) is 6.61 Å². The van der Waals surface area contributed by atoms with Crippen molar-refractivity contribution in [1.82, 2.24) is 19.7 Å². The van der Waals surface area contributed by atoms with Gasteiger partial charge in [-0.3, -0.25) is 4.98 Å². The number of hydrogen-bond donors (Lipinski definition) is 2. The number of aromatic nitrogens is 4. The highest BCUT2D eigenvalue weighted by atomic mass is 19.4. The van der Waals surface area contributed by atoms with Crippen LogP contribution in [-0.4, -0.2) is 37.6 Å². The van der Waals surface area contributed by atoms with Crippen molar-refractivity contribution in [2.24, 2.45) is 5.73 Å². The van der Waals surface area contributed by atoms with Crippen molar-refractivity contribution in [3.63, 3.8) is 0 Å². The molecule has 0 unspecified atom stereocenters. The Kier molecular flexibility index (Phi) is 6.80. The van der Waals surface area contributed by atoms with Crippen molar-refractivity contribution in [2.45, 2.75) is 38.6 Å². The molecule has 0 aliphatic heterocycles. The second kappa shape index (κ2) is 9.78. The molecular formula is C24H24F3N5O2. The van der Waals surface area contributed by atoms with Crippen LogP contribution >= 0.6 is 0 Å². The number of rotatable bonds is 8. The van der Waals surface area contributed by atoms with E-state index in [0.717, 1.165) is 12.8 Å². The highest BCUT2D eigenvalue weighted by molar-refractivity contribution is 5.90. The number of halogens is 3. The van der Waals surface area contributed by atoms with E-state index in [1.807, 2.05) is 19.1 Å². The average molecular weight is 471 g/mol. The third-order valence-corrected chi connectivity index (χ3v) is 5.26. The van der Waals surface area contributed by atoms with E-state index in [2.05, 4.69) is 15.1 Å². The van der Waals surface area contributed by atoms with Gasteiger partial charge in [0.2, 0.25) is 0 Å². The molecule has 0 aliphatic rings.